The van der Waals surface area contributed by atoms with Gasteiger partial charge in [-0.05, 0) is 30.7 Å². The Balaban J connectivity index is 2.13. The molecule has 2 N–H and O–H groups in total. The van der Waals surface area contributed by atoms with E-state index in [4.69, 9.17) is 4.74 Å². The molecule has 2 aromatic rings. The molecule has 5 heteroatoms. The van der Waals surface area contributed by atoms with E-state index >= 15 is 0 Å². The maximum Gasteiger partial charge on any atom is 0.337 e. The summed E-state index contributed by atoms with van der Waals surface area (Å²) in [5.74, 6) is -0.334. The standard InChI is InChI=1S/C13H15N3O2/c1-9-3-4-10(13(17)18-2)7-12(9)14-8-11-5-6-15-16-11/h3-7,14H,8H2,1-2H3,(H,15,16). The van der Waals surface area contributed by atoms with Crippen LogP contribution < -0.4 is 5.32 Å². The first-order valence-corrected chi connectivity index (χ1v) is 5.62. The third-order valence-electron chi connectivity index (χ3n) is 2.69. The Hall–Kier alpha value is -2.30. The van der Waals surface area contributed by atoms with E-state index in [1.165, 1.54) is 7.11 Å². The van der Waals surface area contributed by atoms with Crippen molar-refractivity contribution in [3.05, 3.63) is 47.3 Å². The maximum atomic E-state index is 11.4. The molecular formula is C13H15N3O2. The van der Waals surface area contributed by atoms with Crippen LogP contribution in [0.1, 0.15) is 21.6 Å². The molecule has 1 heterocycles. The van der Waals surface area contributed by atoms with Gasteiger partial charge in [0.1, 0.15) is 0 Å². The molecule has 0 saturated carbocycles. The third-order valence-corrected chi connectivity index (χ3v) is 2.69. The number of H-pyrrole nitrogens is 1. The lowest BCUT2D eigenvalue weighted by Gasteiger charge is -2.10. The van der Waals surface area contributed by atoms with Crippen molar-refractivity contribution in [1.82, 2.24) is 10.2 Å². The van der Waals surface area contributed by atoms with Crippen molar-refractivity contribution in [3.63, 3.8) is 0 Å². The molecule has 1 aromatic carbocycles. The minimum absolute atomic E-state index is 0.334. The molecule has 0 spiro atoms. The topological polar surface area (TPSA) is 67.0 Å². The Morgan fingerprint density at radius 1 is 1.44 bits per heavy atom. The highest BCUT2D eigenvalue weighted by atomic mass is 16.5. The fourth-order valence-corrected chi connectivity index (χ4v) is 1.63. The van der Waals surface area contributed by atoms with Gasteiger partial charge in [0.15, 0.2) is 0 Å². The zero-order valence-electron chi connectivity index (χ0n) is 10.4. The number of carbonyl (C=O) groups is 1. The minimum atomic E-state index is -0.334. The van der Waals surface area contributed by atoms with Crippen molar-refractivity contribution >= 4 is 11.7 Å². The minimum Gasteiger partial charge on any atom is -0.465 e. The van der Waals surface area contributed by atoms with Gasteiger partial charge in [0, 0.05) is 11.9 Å². The molecule has 0 saturated heterocycles. The average Bonchev–Trinajstić information content (AvgIpc) is 2.90. The summed E-state index contributed by atoms with van der Waals surface area (Å²) in [5.41, 5.74) is 3.50. The first-order chi connectivity index (χ1) is 8.70. The quantitative estimate of drug-likeness (QED) is 0.810. The Labute approximate surface area is 105 Å². The smallest absolute Gasteiger partial charge is 0.337 e. The maximum absolute atomic E-state index is 11.4. The molecule has 0 aliphatic heterocycles. The highest BCUT2D eigenvalue weighted by Gasteiger charge is 2.07. The summed E-state index contributed by atoms with van der Waals surface area (Å²) < 4.78 is 4.70. The van der Waals surface area contributed by atoms with Crippen molar-refractivity contribution in [2.45, 2.75) is 13.5 Å². The van der Waals surface area contributed by atoms with Crippen LogP contribution in [0.3, 0.4) is 0 Å². The van der Waals surface area contributed by atoms with Crippen molar-refractivity contribution in [3.8, 4) is 0 Å². The van der Waals surface area contributed by atoms with Gasteiger partial charge >= 0.3 is 5.97 Å². The van der Waals surface area contributed by atoms with Crippen molar-refractivity contribution in [2.75, 3.05) is 12.4 Å². The van der Waals surface area contributed by atoms with E-state index < -0.39 is 0 Å². The monoisotopic (exact) mass is 245 g/mol. The van der Waals surface area contributed by atoms with Gasteiger partial charge in [0.05, 0.1) is 24.9 Å². The lowest BCUT2D eigenvalue weighted by Crippen LogP contribution is -2.05. The number of aromatic amines is 1. The third kappa shape index (κ3) is 2.68. The van der Waals surface area contributed by atoms with E-state index in [2.05, 4.69) is 15.5 Å². The van der Waals surface area contributed by atoms with Crippen LogP contribution in [0.4, 0.5) is 5.69 Å². The molecule has 0 unspecified atom stereocenters. The van der Waals surface area contributed by atoms with E-state index in [-0.39, 0.29) is 5.97 Å². The number of hydrogen-bond donors (Lipinski definition) is 2. The molecular weight excluding hydrogens is 230 g/mol. The summed E-state index contributed by atoms with van der Waals surface area (Å²) >= 11 is 0. The van der Waals surface area contributed by atoms with E-state index in [1.54, 1.807) is 18.3 Å². The molecule has 0 aliphatic carbocycles. The number of nitrogens with one attached hydrogen (secondary N) is 2. The summed E-state index contributed by atoms with van der Waals surface area (Å²) in [6.45, 7) is 2.61. The van der Waals surface area contributed by atoms with Crippen LogP contribution in [0.15, 0.2) is 30.5 Å². The van der Waals surface area contributed by atoms with Crippen molar-refractivity contribution < 1.29 is 9.53 Å². The first kappa shape index (κ1) is 12.2. The number of hydrogen-bond acceptors (Lipinski definition) is 4. The summed E-state index contributed by atoms with van der Waals surface area (Å²) in [5, 5.41) is 10.0. The highest BCUT2D eigenvalue weighted by molar-refractivity contribution is 5.90. The molecule has 1 aromatic heterocycles. The summed E-state index contributed by atoms with van der Waals surface area (Å²) in [4.78, 5) is 11.4. The molecule has 94 valence electrons. The molecule has 0 atom stereocenters. The molecule has 0 radical (unpaired) electrons. The fourth-order valence-electron chi connectivity index (χ4n) is 1.63. The zero-order chi connectivity index (χ0) is 13.0. The zero-order valence-corrected chi connectivity index (χ0v) is 10.4. The average molecular weight is 245 g/mol. The number of rotatable bonds is 4. The molecule has 0 amide bonds. The lowest BCUT2D eigenvalue weighted by atomic mass is 10.1. The normalized spacial score (nSPS) is 10.1. The summed E-state index contributed by atoms with van der Waals surface area (Å²) in [6.07, 6.45) is 1.70. The Bertz CT molecular complexity index is 535. The molecule has 18 heavy (non-hydrogen) atoms. The Kier molecular flexibility index (Phi) is 3.62. The summed E-state index contributed by atoms with van der Waals surface area (Å²) in [6, 6.07) is 7.33. The fraction of sp³-hybridized carbons (Fsp3) is 0.231. The number of esters is 1. The molecule has 0 bridgehead atoms. The van der Waals surface area contributed by atoms with Crippen LogP contribution in [0.2, 0.25) is 0 Å². The molecule has 0 fully saturated rings. The van der Waals surface area contributed by atoms with Crippen LogP contribution in [-0.4, -0.2) is 23.3 Å². The van der Waals surface area contributed by atoms with Gasteiger partial charge in [-0.3, -0.25) is 5.10 Å². The van der Waals surface area contributed by atoms with Crippen LogP contribution in [0.5, 0.6) is 0 Å². The van der Waals surface area contributed by atoms with E-state index in [1.807, 2.05) is 19.1 Å². The second-order valence-electron chi connectivity index (χ2n) is 3.96. The number of anilines is 1. The van der Waals surface area contributed by atoms with Crippen molar-refractivity contribution in [1.29, 1.82) is 0 Å². The van der Waals surface area contributed by atoms with E-state index in [9.17, 15) is 4.79 Å². The van der Waals surface area contributed by atoms with Crippen LogP contribution >= 0.6 is 0 Å². The van der Waals surface area contributed by atoms with E-state index in [0.29, 0.717) is 12.1 Å². The van der Waals surface area contributed by atoms with Gasteiger partial charge in [-0.25, -0.2) is 4.79 Å². The number of ether oxygens (including phenoxy) is 1. The van der Waals surface area contributed by atoms with Crippen LogP contribution in [0.25, 0.3) is 0 Å². The number of carbonyl (C=O) groups excluding carboxylic acids is 1. The number of aromatic nitrogens is 2. The second-order valence-corrected chi connectivity index (χ2v) is 3.96. The van der Waals surface area contributed by atoms with Crippen molar-refractivity contribution in [2.24, 2.45) is 0 Å². The van der Waals surface area contributed by atoms with Gasteiger partial charge in [0.2, 0.25) is 0 Å². The molecule has 0 aliphatic rings. The second kappa shape index (κ2) is 5.35. The van der Waals surface area contributed by atoms with Gasteiger partial charge in [-0.1, -0.05) is 6.07 Å². The number of benzene rings is 1. The largest absolute Gasteiger partial charge is 0.465 e. The van der Waals surface area contributed by atoms with Crippen LogP contribution in [-0.2, 0) is 11.3 Å². The van der Waals surface area contributed by atoms with Gasteiger partial charge in [-0.15, -0.1) is 0 Å². The molecule has 2 rings (SSSR count). The number of methoxy groups -OCH3 is 1. The predicted molar refractivity (Wildman–Crippen MR) is 68.4 cm³/mol. The first-order valence-electron chi connectivity index (χ1n) is 5.62. The highest BCUT2D eigenvalue weighted by Crippen LogP contribution is 2.18. The van der Waals surface area contributed by atoms with Gasteiger partial charge < -0.3 is 10.1 Å². The SMILES string of the molecule is COC(=O)c1ccc(C)c(NCc2ccn[nH]2)c1. The summed E-state index contributed by atoms with van der Waals surface area (Å²) in [7, 11) is 1.37. The van der Waals surface area contributed by atoms with E-state index in [0.717, 1.165) is 16.9 Å². The predicted octanol–water partition coefficient (Wildman–Crippen LogP) is 2.12. The number of aryl methyl sites for hydroxylation is 1. The lowest BCUT2D eigenvalue weighted by molar-refractivity contribution is 0.0601. The van der Waals surface area contributed by atoms with Crippen LogP contribution in [0, 0.1) is 6.92 Å². The Morgan fingerprint density at radius 2 is 2.28 bits per heavy atom. The Morgan fingerprint density at radius 3 is 2.94 bits per heavy atom. The molecule has 5 nitrogen and oxygen atoms in total. The van der Waals surface area contributed by atoms with Gasteiger partial charge in [-0.2, -0.15) is 5.10 Å². The number of nitrogens with zero attached hydrogens (tertiary/aromatic N) is 1. The van der Waals surface area contributed by atoms with Gasteiger partial charge in [0.25, 0.3) is 0 Å².